The first-order valence-electron chi connectivity index (χ1n) is 10.6. The minimum atomic E-state index is -5.08. The van der Waals surface area contributed by atoms with E-state index in [2.05, 4.69) is 27.1 Å². The van der Waals surface area contributed by atoms with E-state index in [0.717, 1.165) is 51.4 Å². The molecule has 36 heavy (non-hydrogen) atoms. The summed E-state index contributed by atoms with van der Waals surface area (Å²) in [4.78, 5) is 27.6. The molecule has 16 heteroatoms. The van der Waals surface area contributed by atoms with Crippen molar-refractivity contribution in [3.8, 4) is 0 Å². The molecule has 0 aromatic carbocycles. The molecule has 1 aromatic heterocycles. The number of alkyl halides is 6. The SMILES string of the molecule is COCCN1C[C@@H]2[C@@H](OC)CCN(Cc3nc(C)cs3)[C@@H]2C1.O=C(O)C(F)(F)F.O=C(O)C(F)(F)F. The maximum Gasteiger partial charge on any atom is 0.490 e. The topological polar surface area (TPSA) is 112 Å². The number of thiazole rings is 1. The van der Waals surface area contributed by atoms with Gasteiger partial charge in [0.05, 0.1) is 19.3 Å². The molecular weight excluding hydrogens is 524 g/mol. The van der Waals surface area contributed by atoms with Gasteiger partial charge in [-0.15, -0.1) is 11.3 Å². The number of rotatable bonds is 6. The molecule has 0 spiro atoms. The Labute approximate surface area is 207 Å². The van der Waals surface area contributed by atoms with Crippen LogP contribution in [0.2, 0.25) is 0 Å². The Morgan fingerprint density at radius 1 is 1.11 bits per heavy atom. The van der Waals surface area contributed by atoms with Gasteiger partial charge in [0.2, 0.25) is 0 Å². The lowest BCUT2D eigenvalue weighted by Gasteiger charge is -2.40. The molecule has 9 nitrogen and oxygen atoms in total. The highest BCUT2D eigenvalue weighted by Crippen LogP contribution is 2.33. The highest BCUT2D eigenvalue weighted by atomic mass is 32.1. The first kappa shape index (κ1) is 32.0. The van der Waals surface area contributed by atoms with E-state index >= 15 is 0 Å². The zero-order valence-corrected chi connectivity index (χ0v) is 20.6. The number of aryl methyl sites for hydroxylation is 1. The van der Waals surface area contributed by atoms with Gasteiger partial charge in [0.25, 0.3) is 0 Å². The second-order valence-corrected chi connectivity index (χ2v) is 8.95. The largest absolute Gasteiger partial charge is 0.490 e. The number of ether oxygens (including phenoxy) is 2. The summed E-state index contributed by atoms with van der Waals surface area (Å²) in [6.07, 6.45) is -8.65. The molecule has 0 aliphatic carbocycles. The van der Waals surface area contributed by atoms with Gasteiger partial charge in [-0.3, -0.25) is 9.80 Å². The number of likely N-dealkylation sites (tertiary alicyclic amines) is 2. The van der Waals surface area contributed by atoms with E-state index in [9.17, 15) is 26.3 Å². The summed E-state index contributed by atoms with van der Waals surface area (Å²) in [6, 6.07) is 0.583. The molecule has 0 unspecified atom stereocenters. The summed E-state index contributed by atoms with van der Waals surface area (Å²) in [7, 11) is 3.64. The van der Waals surface area contributed by atoms with Gasteiger partial charge < -0.3 is 19.7 Å². The second kappa shape index (κ2) is 14.1. The Morgan fingerprint density at radius 3 is 2.08 bits per heavy atom. The summed E-state index contributed by atoms with van der Waals surface area (Å²) in [6.45, 7) is 8.23. The summed E-state index contributed by atoms with van der Waals surface area (Å²) in [5.41, 5.74) is 1.14. The van der Waals surface area contributed by atoms with Crippen molar-refractivity contribution in [3.05, 3.63) is 16.1 Å². The fraction of sp³-hybridized carbons (Fsp3) is 0.750. The molecule has 208 valence electrons. The number of methoxy groups -OCH3 is 2. The van der Waals surface area contributed by atoms with Crippen molar-refractivity contribution >= 4 is 23.3 Å². The molecule has 0 bridgehead atoms. The lowest BCUT2D eigenvalue weighted by molar-refractivity contribution is -0.193. The molecule has 2 fully saturated rings. The van der Waals surface area contributed by atoms with E-state index in [1.54, 1.807) is 18.4 Å². The number of nitrogens with zero attached hydrogens (tertiary/aromatic N) is 3. The van der Waals surface area contributed by atoms with Gasteiger partial charge in [0.15, 0.2) is 0 Å². The van der Waals surface area contributed by atoms with Crippen molar-refractivity contribution in [1.82, 2.24) is 14.8 Å². The maximum absolute atomic E-state index is 10.6. The van der Waals surface area contributed by atoms with E-state index in [1.165, 1.54) is 5.01 Å². The third-order valence-corrected chi connectivity index (χ3v) is 6.41. The number of carboxylic acids is 2. The fourth-order valence-electron chi connectivity index (χ4n) is 3.86. The summed E-state index contributed by atoms with van der Waals surface area (Å²) in [5, 5.41) is 17.6. The number of piperidine rings is 1. The summed E-state index contributed by atoms with van der Waals surface area (Å²) in [5.74, 6) is -4.91. The van der Waals surface area contributed by atoms with E-state index in [-0.39, 0.29) is 0 Å². The lowest BCUT2D eigenvalue weighted by atomic mass is 9.89. The summed E-state index contributed by atoms with van der Waals surface area (Å²) >= 11 is 1.78. The van der Waals surface area contributed by atoms with Crippen LogP contribution in [-0.2, 0) is 25.6 Å². The van der Waals surface area contributed by atoms with Crippen LogP contribution in [0.4, 0.5) is 26.3 Å². The van der Waals surface area contributed by atoms with Crippen LogP contribution in [0.25, 0.3) is 0 Å². The molecule has 3 rings (SSSR count). The second-order valence-electron chi connectivity index (χ2n) is 8.01. The van der Waals surface area contributed by atoms with Gasteiger partial charge in [-0.1, -0.05) is 0 Å². The van der Waals surface area contributed by atoms with Gasteiger partial charge in [0, 0.05) is 63.4 Å². The summed E-state index contributed by atoms with van der Waals surface area (Å²) < 4.78 is 74.5. The fourth-order valence-corrected chi connectivity index (χ4v) is 4.66. The first-order chi connectivity index (χ1) is 16.6. The number of halogens is 6. The zero-order valence-electron chi connectivity index (χ0n) is 19.8. The van der Waals surface area contributed by atoms with Crippen LogP contribution < -0.4 is 0 Å². The van der Waals surface area contributed by atoms with Crippen molar-refractivity contribution in [2.24, 2.45) is 5.92 Å². The van der Waals surface area contributed by atoms with E-state index < -0.39 is 24.3 Å². The molecular formula is C20H29F6N3O6S. The lowest BCUT2D eigenvalue weighted by Crippen LogP contribution is -2.50. The molecule has 2 N–H and O–H groups in total. The highest BCUT2D eigenvalue weighted by Gasteiger charge is 2.44. The van der Waals surface area contributed by atoms with Crippen LogP contribution in [0, 0.1) is 12.8 Å². The van der Waals surface area contributed by atoms with Crippen molar-refractivity contribution in [2.75, 3.05) is 47.0 Å². The van der Waals surface area contributed by atoms with Crippen molar-refractivity contribution in [1.29, 1.82) is 0 Å². The molecule has 2 aliphatic heterocycles. The third-order valence-electron chi connectivity index (χ3n) is 5.46. The quantitative estimate of drug-likeness (QED) is 0.514. The molecule has 1 aromatic rings. The minimum Gasteiger partial charge on any atom is -0.475 e. The van der Waals surface area contributed by atoms with Gasteiger partial charge in [-0.05, 0) is 13.3 Å². The van der Waals surface area contributed by atoms with Gasteiger partial charge in [-0.2, -0.15) is 26.3 Å². The Balaban J connectivity index is 0.000000383. The molecule has 3 heterocycles. The Hall–Kier alpha value is -2.01. The van der Waals surface area contributed by atoms with Gasteiger partial charge >= 0.3 is 24.3 Å². The normalized spacial score (nSPS) is 22.6. The average Bonchev–Trinajstić information content (AvgIpc) is 3.38. The number of carbonyl (C=O) groups is 2. The average molecular weight is 554 g/mol. The number of hydrogen-bond acceptors (Lipinski definition) is 8. The van der Waals surface area contributed by atoms with Crippen LogP contribution in [0.15, 0.2) is 5.38 Å². The standard InChI is InChI=1S/C16H27N3O2S.2C2HF3O2/c1-12-11-22-16(17-12)10-19-5-4-15(21-3)13-8-18(6-7-20-2)9-14(13)19;2*3-2(4,5)1(6)7/h11,13-15H,4-10H2,1-3H3;2*(H,6,7)/t13-,14+,15-;;/m0../s1. The van der Waals surface area contributed by atoms with Crippen LogP contribution in [0.3, 0.4) is 0 Å². The maximum atomic E-state index is 10.6. The highest BCUT2D eigenvalue weighted by molar-refractivity contribution is 7.09. The first-order valence-corrected chi connectivity index (χ1v) is 11.5. The molecule has 0 saturated carbocycles. The Kier molecular flexibility index (Phi) is 12.5. The van der Waals surface area contributed by atoms with E-state index in [1.807, 2.05) is 7.11 Å². The zero-order chi connectivity index (χ0) is 27.7. The van der Waals surface area contributed by atoms with Crippen molar-refractivity contribution in [2.45, 2.75) is 44.4 Å². The monoisotopic (exact) mass is 553 g/mol. The molecule has 3 atom stereocenters. The molecule has 0 amide bonds. The van der Waals surface area contributed by atoms with Gasteiger partial charge in [-0.25, -0.2) is 14.6 Å². The predicted octanol–water partition coefficient (Wildman–Crippen LogP) is 2.89. The van der Waals surface area contributed by atoms with Crippen LogP contribution in [-0.4, -0.2) is 108 Å². The van der Waals surface area contributed by atoms with Crippen LogP contribution >= 0.6 is 11.3 Å². The number of carboxylic acid groups (broad SMARTS) is 2. The smallest absolute Gasteiger partial charge is 0.475 e. The van der Waals surface area contributed by atoms with Crippen LogP contribution in [0.1, 0.15) is 17.1 Å². The van der Waals surface area contributed by atoms with Crippen LogP contribution in [0.5, 0.6) is 0 Å². The number of aromatic nitrogens is 1. The number of hydrogen-bond donors (Lipinski definition) is 2. The molecule has 2 aliphatic rings. The third kappa shape index (κ3) is 10.5. The Morgan fingerprint density at radius 2 is 1.67 bits per heavy atom. The van der Waals surface area contributed by atoms with Crippen molar-refractivity contribution < 1.29 is 55.6 Å². The van der Waals surface area contributed by atoms with Crippen molar-refractivity contribution in [3.63, 3.8) is 0 Å². The number of fused-ring (bicyclic) bond motifs is 1. The Bertz CT molecular complexity index is 814. The predicted molar refractivity (Wildman–Crippen MR) is 116 cm³/mol. The van der Waals surface area contributed by atoms with Gasteiger partial charge in [0.1, 0.15) is 5.01 Å². The minimum absolute atomic E-state index is 0.395. The van der Waals surface area contributed by atoms with E-state index in [0.29, 0.717) is 18.1 Å². The molecule has 2 saturated heterocycles. The molecule has 0 radical (unpaired) electrons. The number of aliphatic carboxylic acids is 2. The van der Waals surface area contributed by atoms with E-state index in [4.69, 9.17) is 29.3 Å².